The number of ketones is 1. The van der Waals surface area contributed by atoms with Crippen molar-refractivity contribution >= 4 is 17.7 Å². The highest BCUT2D eigenvalue weighted by atomic mass is 16.6. The van der Waals surface area contributed by atoms with Crippen molar-refractivity contribution in [2.45, 2.75) is 50.3 Å². The Morgan fingerprint density at radius 1 is 1.04 bits per heavy atom. The Morgan fingerprint density at radius 2 is 1.63 bits per heavy atom. The van der Waals surface area contributed by atoms with E-state index >= 15 is 0 Å². The fraction of sp³-hybridized carbons (Fsp3) is 0.526. The minimum absolute atomic E-state index is 0.0659. The predicted octanol–water partition coefficient (Wildman–Crippen LogP) is 1.57. The molecular weight excluding hydrogens is 354 g/mol. The Bertz CT molecular complexity index is 692. The molecule has 0 amide bonds. The molecule has 0 aromatic heterocycles. The highest BCUT2D eigenvalue weighted by Crippen LogP contribution is 2.35. The summed E-state index contributed by atoms with van der Waals surface area (Å²) in [5.74, 6) is -1.54. The lowest BCUT2D eigenvalue weighted by atomic mass is 9.83. The van der Waals surface area contributed by atoms with Gasteiger partial charge >= 0.3 is 11.9 Å². The van der Waals surface area contributed by atoms with Gasteiger partial charge in [-0.3, -0.25) is 9.69 Å². The lowest BCUT2D eigenvalue weighted by Crippen LogP contribution is -2.56. The van der Waals surface area contributed by atoms with Crippen molar-refractivity contribution in [1.29, 1.82) is 0 Å². The van der Waals surface area contributed by atoms with E-state index in [1.807, 2.05) is 24.3 Å². The van der Waals surface area contributed by atoms with Crippen LogP contribution in [0.2, 0.25) is 0 Å². The molecule has 27 heavy (non-hydrogen) atoms. The standard InChI is InChI=1S/C17H21NO3.C2H2O4/c19-14-8-12-4-3-5-13(9-14)18(12)10-15-11-20-16-6-1-2-7-17(16)21-15;3-1(4)2(5)6/h1-2,6-7,12-13,15H,3-5,8-11H2;(H,3,4)(H,5,6). The first-order chi connectivity index (χ1) is 12.9. The van der Waals surface area contributed by atoms with E-state index < -0.39 is 11.9 Å². The molecule has 4 rings (SSSR count). The van der Waals surface area contributed by atoms with Crippen LogP contribution in [0.25, 0.3) is 0 Å². The second-order valence-corrected chi connectivity index (χ2v) is 6.99. The summed E-state index contributed by atoms with van der Waals surface area (Å²) in [5.41, 5.74) is 0. The summed E-state index contributed by atoms with van der Waals surface area (Å²) < 4.78 is 11.9. The Labute approximate surface area is 156 Å². The number of Topliss-reactive ketones (excluding diaryl/α,β-unsaturated/α-hetero) is 1. The van der Waals surface area contributed by atoms with Crippen LogP contribution in [0.15, 0.2) is 24.3 Å². The summed E-state index contributed by atoms with van der Waals surface area (Å²) >= 11 is 0. The maximum Gasteiger partial charge on any atom is 0.414 e. The monoisotopic (exact) mass is 377 g/mol. The number of nitrogens with zero attached hydrogens (tertiary/aromatic N) is 1. The number of hydrogen-bond donors (Lipinski definition) is 2. The van der Waals surface area contributed by atoms with Crippen molar-refractivity contribution in [1.82, 2.24) is 4.90 Å². The second-order valence-electron chi connectivity index (χ2n) is 6.99. The van der Waals surface area contributed by atoms with E-state index in [0.717, 1.165) is 43.7 Å². The first kappa shape index (κ1) is 19.2. The molecule has 0 aliphatic carbocycles. The van der Waals surface area contributed by atoms with E-state index in [0.29, 0.717) is 24.5 Å². The van der Waals surface area contributed by atoms with Gasteiger partial charge in [0.1, 0.15) is 18.5 Å². The number of benzene rings is 1. The minimum Gasteiger partial charge on any atom is -0.486 e. The van der Waals surface area contributed by atoms with Crippen LogP contribution in [0, 0.1) is 0 Å². The van der Waals surface area contributed by atoms with E-state index in [4.69, 9.17) is 29.3 Å². The van der Waals surface area contributed by atoms with Crippen molar-refractivity contribution < 1.29 is 34.1 Å². The second kappa shape index (κ2) is 8.39. The Kier molecular flexibility index (Phi) is 5.95. The van der Waals surface area contributed by atoms with Gasteiger partial charge in [-0.15, -0.1) is 0 Å². The first-order valence-corrected chi connectivity index (χ1v) is 9.06. The van der Waals surface area contributed by atoms with Gasteiger partial charge in [0.2, 0.25) is 0 Å². The number of fused-ring (bicyclic) bond motifs is 3. The zero-order valence-corrected chi connectivity index (χ0v) is 14.9. The van der Waals surface area contributed by atoms with Gasteiger partial charge < -0.3 is 19.7 Å². The third-order valence-electron chi connectivity index (χ3n) is 5.10. The Morgan fingerprint density at radius 3 is 2.22 bits per heavy atom. The molecule has 0 spiro atoms. The number of para-hydroxylation sites is 2. The summed E-state index contributed by atoms with van der Waals surface area (Å²) in [5, 5.41) is 14.8. The van der Waals surface area contributed by atoms with E-state index in [-0.39, 0.29) is 6.10 Å². The highest BCUT2D eigenvalue weighted by Gasteiger charge is 2.39. The molecule has 1 aromatic rings. The summed E-state index contributed by atoms with van der Waals surface area (Å²) in [4.78, 5) is 32.5. The Balaban J connectivity index is 0.000000307. The van der Waals surface area contributed by atoms with E-state index in [2.05, 4.69) is 4.90 Å². The Hall–Kier alpha value is -2.61. The van der Waals surface area contributed by atoms with Gasteiger partial charge in [-0.2, -0.15) is 0 Å². The number of carbonyl (C=O) groups is 3. The third-order valence-corrected chi connectivity index (χ3v) is 5.10. The number of piperidine rings is 2. The van der Waals surface area contributed by atoms with Gasteiger partial charge in [0.25, 0.3) is 0 Å². The van der Waals surface area contributed by atoms with Crippen molar-refractivity contribution in [3.63, 3.8) is 0 Å². The van der Waals surface area contributed by atoms with Gasteiger partial charge in [0.05, 0.1) is 0 Å². The van der Waals surface area contributed by atoms with Crippen LogP contribution in [0.1, 0.15) is 32.1 Å². The maximum absolute atomic E-state index is 11.8. The van der Waals surface area contributed by atoms with Gasteiger partial charge in [0.15, 0.2) is 11.5 Å². The summed E-state index contributed by atoms with van der Waals surface area (Å²) in [6.45, 7) is 1.47. The van der Waals surface area contributed by atoms with Crippen molar-refractivity contribution in [3.8, 4) is 11.5 Å². The van der Waals surface area contributed by atoms with Crippen LogP contribution in [0.3, 0.4) is 0 Å². The lowest BCUT2D eigenvalue weighted by Gasteiger charge is -2.46. The van der Waals surface area contributed by atoms with Crippen LogP contribution in [-0.4, -0.2) is 64.2 Å². The first-order valence-electron chi connectivity index (χ1n) is 9.06. The zero-order valence-electron chi connectivity index (χ0n) is 14.9. The van der Waals surface area contributed by atoms with Crippen LogP contribution >= 0.6 is 0 Å². The smallest absolute Gasteiger partial charge is 0.414 e. The number of carbonyl (C=O) groups excluding carboxylic acids is 1. The molecule has 1 aromatic carbocycles. The van der Waals surface area contributed by atoms with Crippen LogP contribution in [0.4, 0.5) is 0 Å². The number of carboxylic acid groups (broad SMARTS) is 2. The average molecular weight is 377 g/mol. The molecule has 2 N–H and O–H groups in total. The molecule has 3 heterocycles. The van der Waals surface area contributed by atoms with Crippen molar-refractivity contribution in [2.24, 2.45) is 0 Å². The molecule has 2 bridgehead atoms. The fourth-order valence-corrected chi connectivity index (χ4v) is 3.95. The molecule has 3 atom stereocenters. The van der Waals surface area contributed by atoms with E-state index in [9.17, 15) is 4.79 Å². The van der Waals surface area contributed by atoms with Crippen LogP contribution in [-0.2, 0) is 14.4 Å². The van der Waals surface area contributed by atoms with Crippen LogP contribution in [0.5, 0.6) is 11.5 Å². The molecular formula is C19H23NO7. The maximum atomic E-state index is 11.8. The molecule has 3 aliphatic heterocycles. The van der Waals surface area contributed by atoms with Gasteiger partial charge in [0, 0.05) is 31.5 Å². The molecule has 3 aliphatic rings. The van der Waals surface area contributed by atoms with Gasteiger partial charge in [-0.1, -0.05) is 18.6 Å². The molecule has 8 heteroatoms. The number of ether oxygens (including phenoxy) is 2. The van der Waals surface area contributed by atoms with E-state index in [1.54, 1.807) is 0 Å². The molecule has 2 fully saturated rings. The molecule has 0 radical (unpaired) electrons. The van der Waals surface area contributed by atoms with Crippen molar-refractivity contribution in [3.05, 3.63) is 24.3 Å². The normalized spacial score (nSPS) is 26.5. The quantitative estimate of drug-likeness (QED) is 0.747. The summed E-state index contributed by atoms with van der Waals surface area (Å²) in [6.07, 6.45) is 5.06. The summed E-state index contributed by atoms with van der Waals surface area (Å²) in [6, 6.07) is 8.68. The summed E-state index contributed by atoms with van der Waals surface area (Å²) in [7, 11) is 0. The molecule has 0 saturated carbocycles. The number of rotatable bonds is 2. The SMILES string of the molecule is O=C(O)C(=O)O.O=C1CC2CCCC(C1)N2CC1COc2ccccc2O1. The number of hydrogen-bond acceptors (Lipinski definition) is 6. The average Bonchev–Trinajstić information content (AvgIpc) is 2.63. The molecule has 8 nitrogen and oxygen atoms in total. The molecule has 3 unspecified atom stereocenters. The number of aliphatic carboxylic acids is 2. The fourth-order valence-electron chi connectivity index (χ4n) is 3.95. The van der Waals surface area contributed by atoms with Crippen molar-refractivity contribution in [2.75, 3.05) is 13.2 Å². The number of carboxylic acids is 2. The highest BCUT2D eigenvalue weighted by molar-refractivity contribution is 6.27. The van der Waals surface area contributed by atoms with E-state index in [1.165, 1.54) is 6.42 Å². The predicted molar refractivity (Wildman–Crippen MR) is 94.0 cm³/mol. The zero-order chi connectivity index (χ0) is 19.4. The lowest BCUT2D eigenvalue weighted by molar-refractivity contribution is -0.159. The van der Waals surface area contributed by atoms with Gasteiger partial charge in [-0.25, -0.2) is 9.59 Å². The topological polar surface area (TPSA) is 113 Å². The largest absolute Gasteiger partial charge is 0.486 e. The third kappa shape index (κ3) is 4.77. The van der Waals surface area contributed by atoms with Gasteiger partial charge in [-0.05, 0) is 25.0 Å². The van der Waals surface area contributed by atoms with Crippen LogP contribution < -0.4 is 9.47 Å². The molecule has 146 valence electrons. The molecule has 2 saturated heterocycles. The minimum atomic E-state index is -1.82.